The fourth-order valence-electron chi connectivity index (χ4n) is 2.22. The number of thiophene rings is 1. The smallest absolute Gasteiger partial charge is 0.104 e. The normalized spacial score (nSPS) is 10.8. The van der Waals surface area contributed by atoms with Gasteiger partial charge in [-0.05, 0) is 24.3 Å². The van der Waals surface area contributed by atoms with Gasteiger partial charge in [-0.3, -0.25) is 4.90 Å². The van der Waals surface area contributed by atoms with E-state index in [0.717, 1.165) is 24.9 Å². The van der Waals surface area contributed by atoms with Crippen LogP contribution < -0.4 is 0 Å². The third-order valence-corrected chi connectivity index (χ3v) is 4.15. The first kappa shape index (κ1) is 16.2. The first-order valence-corrected chi connectivity index (χ1v) is 7.65. The van der Waals surface area contributed by atoms with E-state index in [4.69, 9.17) is 5.11 Å². The van der Waals surface area contributed by atoms with Crippen LogP contribution in [0.2, 0.25) is 0 Å². The Morgan fingerprint density at radius 1 is 1.32 bits per heavy atom. The van der Waals surface area contributed by atoms with Gasteiger partial charge in [-0.25, -0.2) is 0 Å². The van der Waals surface area contributed by atoms with E-state index < -0.39 is 0 Å². The van der Waals surface area contributed by atoms with Gasteiger partial charge in [-0.2, -0.15) is 0 Å². The van der Waals surface area contributed by atoms with Gasteiger partial charge in [0.25, 0.3) is 0 Å². The standard InChI is InChI=1S/C15H23NO2S/c1-3-14(4-2)16(8-10-18)12-15-13(6-5-9-17)7-11-19-15/h7,11,14,17-18H,3-4,8-10,12H2,1-2H3. The Labute approximate surface area is 119 Å². The third kappa shape index (κ3) is 4.96. The van der Waals surface area contributed by atoms with E-state index in [2.05, 4.69) is 30.6 Å². The Balaban J connectivity index is 2.81. The van der Waals surface area contributed by atoms with Crippen molar-refractivity contribution >= 4 is 11.3 Å². The molecule has 1 rings (SSSR count). The fourth-order valence-corrected chi connectivity index (χ4v) is 3.07. The summed E-state index contributed by atoms with van der Waals surface area (Å²) in [5, 5.41) is 20.0. The van der Waals surface area contributed by atoms with Crippen LogP contribution in [0.3, 0.4) is 0 Å². The van der Waals surface area contributed by atoms with Crippen LogP contribution in [0.25, 0.3) is 0 Å². The Bertz CT molecular complexity index is 415. The number of rotatable bonds is 7. The molecule has 1 aromatic heterocycles. The molecule has 4 heteroatoms. The number of hydrogen-bond acceptors (Lipinski definition) is 4. The molecule has 0 unspecified atom stereocenters. The molecule has 0 atom stereocenters. The molecule has 0 radical (unpaired) electrons. The molecule has 1 aromatic rings. The molecule has 0 amide bonds. The molecule has 3 nitrogen and oxygen atoms in total. The summed E-state index contributed by atoms with van der Waals surface area (Å²) in [6.07, 6.45) is 2.17. The van der Waals surface area contributed by atoms with Crippen LogP contribution in [0, 0.1) is 11.8 Å². The van der Waals surface area contributed by atoms with Gasteiger partial charge in [0.05, 0.1) is 6.61 Å². The minimum Gasteiger partial charge on any atom is -0.395 e. The van der Waals surface area contributed by atoms with Crippen LogP contribution in [-0.4, -0.2) is 40.9 Å². The molecule has 0 saturated carbocycles. The molecule has 0 fully saturated rings. The molecule has 0 saturated heterocycles. The zero-order valence-electron chi connectivity index (χ0n) is 11.7. The maximum Gasteiger partial charge on any atom is 0.104 e. The van der Waals surface area contributed by atoms with Crippen molar-refractivity contribution in [1.29, 1.82) is 0 Å². The highest BCUT2D eigenvalue weighted by Crippen LogP contribution is 2.21. The highest BCUT2D eigenvalue weighted by atomic mass is 32.1. The predicted octanol–water partition coefficient (Wildman–Crippen LogP) is 2.07. The van der Waals surface area contributed by atoms with Crippen molar-refractivity contribution in [3.05, 3.63) is 21.9 Å². The fraction of sp³-hybridized carbons (Fsp3) is 0.600. The molecule has 2 N–H and O–H groups in total. The van der Waals surface area contributed by atoms with Crippen molar-refractivity contribution in [2.45, 2.75) is 39.3 Å². The summed E-state index contributed by atoms with van der Waals surface area (Å²) in [5.74, 6) is 5.68. The summed E-state index contributed by atoms with van der Waals surface area (Å²) in [6.45, 7) is 5.94. The average Bonchev–Trinajstić information content (AvgIpc) is 2.85. The van der Waals surface area contributed by atoms with Crippen molar-refractivity contribution in [1.82, 2.24) is 4.90 Å². The van der Waals surface area contributed by atoms with E-state index in [1.54, 1.807) is 11.3 Å². The largest absolute Gasteiger partial charge is 0.395 e. The first-order valence-electron chi connectivity index (χ1n) is 6.77. The molecule has 0 spiro atoms. The summed E-state index contributed by atoms with van der Waals surface area (Å²) in [5.41, 5.74) is 0.993. The maximum atomic E-state index is 9.22. The summed E-state index contributed by atoms with van der Waals surface area (Å²) in [7, 11) is 0. The molecule has 0 aromatic carbocycles. The second-order valence-electron chi connectivity index (χ2n) is 4.38. The lowest BCUT2D eigenvalue weighted by molar-refractivity contribution is 0.137. The predicted molar refractivity (Wildman–Crippen MR) is 80.1 cm³/mol. The van der Waals surface area contributed by atoms with E-state index in [1.165, 1.54) is 4.88 Å². The number of aliphatic hydroxyl groups excluding tert-OH is 2. The highest BCUT2D eigenvalue weighted by Gasteiger charge is 2.16. The molecule has 0 aliphatic heterocycles. The lowest BCUT2D eigenvalue weighted by Gasteiger charge is -2.29. The number of nitrogens with zero attached hydrogens (tertiary/aromatic N) is 1. The third-order valence-electron chi connectivity index (χ3n) is 3.24. The Hall–Kier alpha value is -0.860. The molecule has 19 heavy (non-hydrogen) atoms. The van der Waals surface area contributed by atoms with E-state index in [1.807, 2.05) is 11.4 Å². The van der Waals surface area contributed by atoms with Crippen molar-refractivity contribution in [2.24, 2.45) is 0 Å². The van der Waals surface area contributed by atoms with Crippen molar-refractivity contribution in [3.63, 3.8) is 0 Å². The van der Waals surface area contributed by atoms with E-state index in [9.17, 15) is 5.11 Å². The second kappa shape index (κ2) is 9.11. The van der Waals surface area contributed by atoms with Gasteiger partial charge in [-0.15, -0.1) is 11.3 Å². The molecule has 0 bridgehead atoms. The zero-order valence-corrected chi connectivity index (χ0v) is 12.5. The van der Waals surface area contributed by atoms with Gasteiger partial charge in [0.15, 0.2) is 0 Å². The molecule has 0 aliphatic rings. The Kier molecular flexibility index (Phi) is 7.76. The monoisotopic (exact) mass is 281 g/mol. The number of hydrogen-bond donors (Lipinski definition) is 2. The van der Waals surface area contributed by atoms with E-state index in [0.29, 0.717) is 12.6 Å². The van der Waals surface area contributed by atoms with Crippen LogP contribution in [0.1, 0.15) is 37.1 Å². The molecular formula is C15H23NO2S. The van der Waals surface area contributed by atoms with Gasteiger partial charge < -0.3 is 10.2 Å². The van der Waals surface area contributed by atoms with Crippen LogP contribution in [0.5, 0.6) is 0 Å². The van der Waals surface area contributed by atoms with Crippen molar-refractivity contribution < 1.29 is 10.2 Å². The summed E-state index contributed by atoms with van der Waals surface area (Å²) in [4.78, 5) is 3.52. The average molecular weight is 281 g/mol. The first-order chi connectivity index (χ1) is 9.26. The topological polar surface area (TPSA) is 43.7 Å². The highest BCUT2D eigenvalue weighted by molar-refractivity contribution is 7.10. The summed E-state index contributed by atoms with van der Waals surface area (Å²) in [6, 6.07) is 2.49. The Morgan fingerprint density at radius 2 is 2.05 bits per heavy atom. The summed E-state index contributed by atoms with van der Waals surface area (Å²) >= 11 is 1.69. The van der Waals surface area contributed by atoms with Crippen LogP contribution >= 0.6 is 11.3 Å². The van der Waals surface area contributed by atoms with Crippen LogP contribution in [-0.2, 0) is 6.54 Å². The van der Waals surface area contributed by atoms with E-state index in [-0.39, 0.29) is 13.2 Å². The maximum absolute atomic E-state index is 9.22. The lowest BCUT2D eigenvalue weighted by Crippen LogP contribution is -2.36. The number of aliphatic hydroxyl groups is 2. The van der Waals surface area contributed by atoms with Gasteiger partial charge in [-0.1, -0.05) is 25.7 Å². The summed E-state index contributed by atoms with van der Waals surface area (Å²) < 4.78 is 0. The molecular weight excluding hydrogens is 258 g/mol. The van der Waals surface area contributed by atoms with Crippen LogP contribution in [0.15, 0.2) is 11.4 Å². The molecule has 1 heterocycles. The lowest BCUT2D eigenvalue weighted by atomic mass is 10.1. The zero-order chi connectivity index (χ0) is 14.1. The van der Waals surface area contributed by atoms with Crippen molar-refractivity contribution in [2.75, 3.05) is 19.8 Å². The Morgan fingerprint density at radius 3 is 2.63 bits per heavy atom. The van der Waals surface area contributed by atoms with Gasteiger partial charge in [0, 0.05) is 29.6 Å². The molecule has 0 aliphatic carbocycles. The SMILES string of the molecule is CCC(CC)N(CCO)Cc1sccc1C#CCO. The minimum absolute atomic E-state index is 0.109. The van der Waals surface area contributed by atoms with Crippen molar-refractivity contribution in [3.8, 4) is 11.8 Å². The quantitative estimate of drug-likeness (QED) is 0.752. The van der Waals surface area contributed by atoms with Gasteiger partial charge >= 0.3 is 0 Å². The molecule has 106 valence electrons. The van der Waals surface area contributed by atoms with Gasteiger partial charge in [0.2, 0.25) is 0 Å². The van der Waals surface area contributed by atoms with E-state index >= 15 is 0 Å². The second-order valence-corrected chi connectivity index (χ2v) is 5.38. The minimum atomic E-state index is -0.109. The van der Waals surface area contributed by atoms with Crippen LogP contribution in [0.4, 0.5) is 0 Å². The van der Waals surface area contributed by atoms with Gasteiger partial charge in [0.1, 0.15) is 6.61 Å².